The van der Waals surface area contributed by atoms with Crippen molar-refractivity contribution < 1.29 is 14.3 Å². The van der Waals surface area contributed by atoms with Gasteiger partial charge in [-0.25, -0.2) is 4.68 Å². The Morgan fingerprint density at radius 2 is 1.96 bits per heavy atom. The molecule has 126 valence electrons. The van der Waals surface area contributed by atoms with E-state index in [1.807, 2.05) is 24.3 Å². The first kappa shape index (κ1) is 15.6. The minimum Gasteiger partial charge on any atom is -0.378 e. The summed E-state index contributed by atoms with van der Waals surface area (Å²) < 4.78 is 13.0. The molecule has 1 fully saturated rings. The molecule has 1 unspecified atom stereocenters. The van der Waals surface area contributed by atoms with Crippen LogP contribution in [-0.2, 0) is 22.6 Å². The number of carbonyl (C=O) groups is 1. The lowest BCUT2D eigenvalue weighted by molar-refractivity contribution is -0.00237. The number of nitrogens with zero attached hydrogens (tertiary/aromatic N) is 4. The molecular formula is C16H17ClN4O3. The molecule has 7 nitrogen and oxygen atoms in total. The van der Waals surface area contributed by atoms with E-state index in [9.17, 15) is 4.79 Å². The molecule has 1 amide bonds. The molecule has 0 N–H and O–H groups in total. The number of rotatable bonds is 2. The largest absolute Gasteiger partial charge is 0.378 e. The van der Waals surface area contributed by atoms with Gasteiger partial charge in [-0.3, -0.25) is 4.79 Å². The molecule has 2 aromatic rings. The summed E-state index contributed by atoms with van der Waals surface area (Å²) in [5.74, 6) is -0.104. The van der Waals surface area contributed by atoms with Gasteiger partial charge in [-0.2, -0.15) is 0 Å². The van der Waals surface area contributed by atoms with Gasteiger partial charge >= 0.3 is 0 Å². The average molecular weight is 349 g/mol. The summed E-state index contributed by atoms with van der Waals surface area (Å²) in [6.07, 6.45) is -0.122. The molecule has 0 saturated carbocycles. The van der Waals surface area contributed by atoms with Gasteiger partial charge in [0.25, 0.3) is 5.91 Å². The zero-order valence-corrected chi connectivity index (χ0v) is 13.8. The standard InChI is InChI=1S/C16H17ClN4O3/c17-12-3-1-11(2-4-12)14-9-21-13(10-24-14)15(18-19-21)16(22)20-5-7-23-8-6-20/h1-4,14H,5-10H2. The summed E-state index contributed by atoms with van der Waals surface area (Å²) in [4.78, 5) is 14.4. The molecule has 24 heavy (non-hydrogen) atoms. The second-order valence-electron chi connectivity index (χ2n) is 5.82. The lowest BCUT2D eigenvalue weighted by Gasteiger charge is -2.27. The van der Waals surface area contributed by atoms with Crippen LogP contribution in [0.2, 0.25) is 5.02 Å². The third kappa shape index (κ3) is 2.90. The van der Waals surface area contributed by atoms with Crippen molar-refractivity contribution in [2.75, 3.05) is 26.3 Å². The number of hydrogen-bond donors (Lipinski definition) is 0. The number of benzene rings is 1. The fourth-order valence-corrected chi connectivity index (χ4v) is 3.10. The van der Waals surface area contributed by atoms with E-state index < -0.39 is 0 Å². The molecule has 8 heteroatoms. The van der Waals surface area contributed by atoms with E-state index in [2.05, 4.69) is 10.3 Å². The summed E-state index contributed by atoms with van der Waals surface area (Å²) in [5.41, 5.74) is 2.14. The lowest BCUT2D eigenvalue weighted by atomic mass is 10.1. The van der Waals surface area contributed by atoms with Crippen LogP contribution in [-0.4, -0.2) is 52.1 Å². The van der Waals surface area contributed by atoms with E-state index >= 15 is 0 Å². The van der Waals surface area contributed by atoms with Crippen molar-refractivity contribution in [3.05, 3.63) is 46.2 Å². The van der Waals surface area contributed by atoms with Crippen molar-refractivity contribution in [1.82, 2.24) is 19.9 Å². The number of halogens is 1. The Balaban J connectivity index is 1.53. The predicted molar refractivity (Wildman–Crippen MR) is 85.7 cm³/mol. The van der Waals surface area contributed by atoms with Crippen molar-refractivity contribution >= 4 is 17.5 Å². The highest BCUT2D eigenvalue weighted by atomic mass is 35.5. The Bertz CT molecular complexity index is 740. The second kappa shape index (κ2) is 6.51. The van der Waals surface area contributed by atoms with Crippen LogP contribution in [0.4, 0.5) is 0 Å². The van der Waals surface area contributed by atoms with Gasteiger partial charge in [-0.05, 0) is 17.7 Å². The highest BCUT2D eigenvalue weighted by molar-refractivity contribution is 6.30. The topological polar surface area (TPSA) is 69.5 Å². The zero-order chi connectivity index (χ0) is 16.5. The van der Waals surface area contributed by atoms with Gasteiger partial charge in [0, 0.05) is 18.1 Å². The van der Waals surface area contributed by atoms with E-state index in [0.29, 0.717) is 50.2 Å². The van der Waals surface area contributed by atoms with E-state index in [-0.39, 0.29) is 12.0 Å². The molecule has 0 radical (unpaired) electrons. The molecule has 0 spiro atoms. The van der Waals surface area contributed by atoms with Gasteiger partial charge in [0.1, 0.15) is 6.10 Å². The number of ether oxygens (including phenoxy) is 2. The van der Waals surface area contributed by atoms with Crippen LogP contribution in [0.25, 0.3) is 0 Å². The van der Waals surface area contributed by atoms with Crippen LogP contribution in [0, 0.1) is 0 Å². The second-order valence-corrected chi connectivity index (χ2v) is 6.26. The molecule has 2 aliphatic heterocycles. The number of carbonyl (C=O) groups excluding carboxylic acids is 1. The average Bonchev–Trinajstić information content (AvgIpc) is 3.05. The molecule has 2 aliphatic rings. The maximum absolute atomic E-state index is 12.6. The summed E-state index contributed by atoms with van der Waals surface area (Å²) in [7, 11) is 0. The third-order valence-electron chi connectivity index (χ3n) is 4.34. The van der Waals surface area contributed by atoms with Gasteiger partial charge in [0.2, 0.25) is 0 Å². The van der Waals surface area contributed by atoms with Crippen LogP contribution < -0.4 is 0 Å². The minimum absolute atomic E-state index is 0.104. The van der Waals surface area contributed by atoms with Crippen LogP contribution >= 0.6 is 11.6 Å². The van der Waals surface area contributed by atoms with Crippen LogP contribution in [0.15, 0.2) is 24.3 Å². The van der Waals surface area contributed by atoms with Crippen molar-refractivity contribution in [3.8, 4) is 0 Å². The van der Waals surface area contributed by atoms with Gasteiger partial charge in [0.05, 0.1) is 32.1 Å². The Hall–Kier alpha value is -1.96. The van der Waals surface area contributed by atoms with Crippen LogP contribution in [0.1, 0.15) is 27.8 Å². The fraction of sp³-hybridized carbons (Fsp3) is 0.438. The Morgan fingerprint density at radius 3 is 2.71 bits per heavy atom. The molecule has 1 saturated heterocycles. The lowest BCUT2D eigenvalue weighted by Crippen LogP contribution is -2.41. The number of morpholine rings is 1. The monoisotopic (exact) mass is 348 g/mol. The summed E-state index contributed by atoms with van der Waals surface area (Å²) in [5, 5.41) is 8.93. The maximum Gasteiger partial charge on any atom is 0.276 e. The van der Waals surface area contributed by atoms with E-state index in [4.69, 9.17) is 21.1 Å². The van der Waals surface area contributed by atoms with Gasteiger partial charge < -0.3 is 14.4 Å². The fourth-order valence-electron chi connectivity index (χ4n) is 2.97. The van der Waals surface area contributed by atoms with Crippen molar-refractivity contribution in [3.63, 3.8) is 0 Å². The van der Waals surface area contributed by atoms with Gasteiger partial charge in [0.15, 0.2) is 5.69 Å². The molecule has 0 aliphatic carbocycles. The predicted octanol–water partition coefficient (Wildman–Crippen LogP) is 1.68. The van der Waals surface area contributed by atoms with Crippen LogP contribution in [0.5, 0.6) is 0 Å². The van der Waals surface area contributed by atoms with E-state index in [1.54, 1.807) is 9.58 Å². The summed E-state index contributed by atoms with van der Waals surface area (Å²) in [6, 6.07) is 7.55. The SMILES string of the molecule is O=C(c1nnn2c1COC(c1ccc(Cl)cc1)C2)N1CCOCC1. The normalized spacial score (nSPS) is 20.7. The Labute approximate surface area is 144 Å². The molecular weight excluding hydrogens is 332 g/mol. The number of amides is 1. The first-order valence-electron chi connectivity index (χ1n) is 7.89. The first-order chi connectivity index (χ1) is 11.7. The molecule has 1 aromatic carbocycles. The van der Waals surface area contributed by atoms with Crippen molar-refractivity contribution in [2.24, 2.45) is 0 Å². The number of hydrogen-bond acceptors (Lipinski definition) is 5. The van der Waals surface area contributed by atoms with Crippen LogP contribution in [0.3, 0.4) is 0 Å². The highest BCUT2D eigenvalue weighted by Gasteiger charge is 2.30. The van der Waals surface area contributed by atoms with Crippen molar-refractivity contribution in [2.45, 2.75) is 19.3 Å². The quantitative estimate of drug-likeness (QED) is 0.825. The van der Waals surface area contributed by atoms with E-state index in [0.717, 1.165) is 11.3 Å². The maximum atomic E-state index is 12.6. The molecule has 3 heterocycles. The van der Waals surface area contributed by atoms with Crippen molar-refractivity contribution in [1.29, 1.82) is 0 Å². The van der Waals surface area contributed by atoms with Gasteiger partial charge in [-0.15, -0.1) is 5.10 Å². The molecule has 1 aromatic heterocycles. The summed E-state index contributed by atoms with van der Waals surface area (Å²) in [6.45, 7) is 3.12. The smallest absolute Gasteiger partial charge is 0.276 e. The first-order valence-corrected chi connectivity index (χ1v) is 8.26. The van der Waals surface area contributed by atoms with Gasteiger partial charge in [-0.1, -0.05) is 28.9 Å². The number of aromatic nitrogens is 3. The molecule has 4 rings (SSSR count). The third-order valence-corrected chi connectivity index (χ3v) is 4.59. The number of fused-ring (bicyclic) bond motifs is 1. The highest BCUT2D eigenvalue weighted by Crippen LogP contribution is 2.28. The Kier molecular flexibility index (Phi) is 4.22. The van der Waals surface area contributed by atoms with E-state index in [1.165, 1.54) is 0 Å². The summed E-state index contributed by atoms with van der Waals surface area (Å²) >= 11 is 5.92. The molecule has 0 bridgehead atoms. The minimum atomic E-state index is -0.122. The molecule has 1 atom stereocenters. The zero-order valence-electron chi connectivity index (χ0n) is 13.0. The Morgan fingerprint density at radius 1 is 1.21 bits per heavy atom.